The Kier molecular flexibility index (Phi) is 7.04. The lowest BCUT2D eigenvalue weighted by atomic mass is 10.1. The van der Waals surface area contributed by atoms with E-state index < -0.39 is 10.0 Å². The molecule has 1 rings (SSSR count). The quantitative estimate of drug-likeness (QED) is 0.569. The summed E-state index contributed by atoms with van der Waals surface area (Å²) in [5.41, 5.74) is 1.38. The number of sulfonamides is 1. The van der Waals surface area contributed by atoms with E-state index in [1.807, 2.05) is 6.92 Å². The van der Waals surface area contributed by atoms with E-state index in [0.717, 1.165) is 25.0 Å². The number of rotatable bonds is 8. The summed E-state index contributed by atoms with van der Waals surface area (Å²) in [6, 6.07) is 5.94. The zero-order chi connectivity index (χ0) is 16.6. The van der Waals surface area contributed by atoms with Gasteiger partial charge in [-0.2, -0.15) is 13.5 Å². The van der Waals surface area contributed by atoms with Crippen molar-refractivity contribution in [3.8, 4) is 0 Å². The molecule has 0 aliphatic rings. The number of nitrogens with one attached hydrogen (secondary N) is 2. The number of carbonyl (C=O) groups excluding carboxylic acids is 1. The van der Waals surface area contributed by atoms with Crippen LogP contribution in [-0.2, 0) is 14.8 Å². The molecule has 6 nitrogen and oxygen atoms in total. The average Bonchev–Trinajstić information content (AvgIpc) is 2.47. The third kappa shape index (κ3) is 5.85. The van der Waals surface area contributed by atoms with Gasteiger partial charge >= 0.3 is 0 Å². The largest absolute Gasteiger partial charge is 0.326 e. The van der Waals surface area contributed by atoms with Crippen LogP contribution in [0, 0.1) is 0 Å². The maximum absolute atomic E-state index is 12.2. The van der Waals surface area contributed by atoms with Crippen LogP contribution in [0.15, 0.2) is 34.3 Å². The molecule has 122 valence electrons. The zero-order valence-corrected chi connectivity index (χ0v) is 14.0. The molecule has 1 aromatic carbocycles. The number of hydrogen-bond donors (Lipinski definition) is 2. The van der Waals surface area contributed by atoms with Crippen molar-refractivity contribution in [2.45, 2.75) is 51.3 Å². The predicted molar refractivity (Wildman–Crippen MR) is 88.3 cm³/mol. The summed E-state index contributed by atoms with van der Waals surface area (Å²) in [5, 5.41) is 6.59. The number of nitrogens with zero attached hydrogens (tertiary/aromatic N) is 1. The van der Waals surface area contributed by atoms with E-state index in [9.17, 15) is 13.2 Å². The number of hydrogen-bond acceptors (Lipinski definition) is 4. The Bertz CT molecular complexity index is 622. The van der Waals surface area contributed by atoms with E-state index in [2.05, 4.69) is 22.2 Å². The highest BCUT2D eigenvalue weighted by Gasteiger charge is 2.13. The van der Waals surface area contributed by atoms with Gasteiger partial charge in [-0.25, -0.2) is 4.83 Å². The van der Waals surface area contributed by atoms with Gasteiger partial charge in [0, 0.05) is 18.3 Å². The van der Waals surface area contributed by atoms with Gasteiger partial charge in [-0.15, -0.1) is 0 Å². The molecule has 7 heteroatoms. The smallest absolute Gasteiger partial charge is 0.276 e. The van der Waals surface area contributed by atoms with Crippen molar-refractivity contribution >= 4 is 27.3 Å². The Hall–Kier alpha value is -1.89. The molecule has 0 atom stereocenters. The van der Waals surface area contributed by atoms with Gasteiger partial charge in [0.15, 0.2) is 0 Å². The highest BCUT2D eigenvalue weighted by Crippen LogP contribution is 2.14. The summed E-state index contributed by atoms with van der Waals surface area (Å²) in [6.45, 7) is 5.42. The lowest BCUT2D eigenvalue weighted by molar-refractivity contribution is -0.114. The van der Waals surface area contributed by atoms with Gasteiger partial charge < -0.3 is 5.32 Å². The molecular weight excluding hydrogens is 302 g/mol. The number of hydrazone groups is 1. The fourth-order valence-electron chi connectivity index (χ4n) is 1.79. The molecule has 1 amide bonds. The molecule has 2 N–H and O–H groups in total. The SMILES string of the molecule is CCCC/C(CC)=N\NS(=O)(=O)c1ccc(NC(C)=O)cc1. The molecule has 0 aromatic heterocycles. The summed E-state index contributed by atoms with van der Waals surface area (Å²) in [4.78, 5) is 13.3. The second kappa shape index (κ2) is 8.53. The van der Waals surface area contributed by atoms with Crippen molar-refractivity contribution in [1.29, 1.82) is 0 Å². The van der Waals surface area contributed by atoms with Crippen molar-refractivity contribution in [3.63, 3.8) is 0 Å². The number of benzene rings is 1. The third-order valence-corrected chi connectivity index (χ3v) is 4.26. The Morgan fingerprint density at radius 3 is 2.32 bits per heavy atom. The van der Waals surface area contributed by atoms with Gasteiger partial charge in [-0.05, 0) is 43.5 Å². The first-order valence-corrected chi connectivity index (χ1v) is 8.82. The number of unbranched alkanes of at least 4 members (excludes halogenated alkanes) is 1. The van der Waals surface area contributed by atoms with Crippen LogP contribution in [-0.4, -0.2) is 20.0 Å². The molecule has 0 unspecified atom stereocenters. The topological polar surface area (TPSA) is 87.6 Å². The van der Waals surface area contributed by atoms with Crippen LogP contribution in [0.25, 0.3) is 0 Å². The van der Waals surface area contributed by atoms with Crippen LogP contribution in [0.4, 0.5) is 5.69 Å². The third-order valence-electron chi connectivity index (χ3n) is 3.04. The lowest BCUT2D eigenvalue weighted by Crippen LogP contribution is -2.20. The van der Waals surface area contributed by atoms with Gasteiger partial charge in [0.1, 0.15) is 0 Å². The molecule has 0 radical (unpaired) electrons. The monoisotopic (exact) mass is 325 g/mol. The maximum Gasteiger partial charge on any atom is 0.276 e. The fraction of sp³-hybridized carbons (Fsp3) is 0.467. The molecule has 0 aliphatic carbocycles. The van der Waals surface area contributed by atoms with Crippen LogP contribution in [0.2, 0.25) is 0 Å². The summed E-state index contributed by atoms with van der Waals surface area (Å²) in [6.07, 6.45) is 3.52. The van der Waals surface area contributed by atoms with E-state index in [-0.39, 0.29) is 10.8 Å². The van der Waals surface area contributed by atoms with Gasteiger partial charge in [0.05, 0.1) is 4.90 Å². The van der Waals surface area contributed by atoms with Crippen LogP contribution in [0.3, 0.4) is 0 Å². The van der Waals surface area contributed by atoms with Crippen molar-refractivity contribution in [1.82, 2.24) is 4.83 Å². The lowest BCUT2D eigenvalue weighted by Gasteiger charge is -2.07. The molecule has 0 spiro atoms. The van der Waals surface area contributed by atoms with E-state index in [1.165, 1.54) is 31.2 Å². The van der Waals surface area contributed by atoms with E-state index in [1.54, 1.807) is 0 Å². The van der Waals surface area contributed by atoms with Crippen molar-refractivity contribution in [2.24, 2.45) is 5.10 Å². The first-order valence-electron chi connectivity index (χ1n) is 7.34. The van der Waals surface area contributed by atoms with E-state index in [0.29, 0.717) is 12.1 Å². The molecular formula is C15H23N3O3S. The minimum atomic E-state index is -3.69. The molecule has 0 fully saturated rings. The standard InChI is InChI=1S/C15H23N3O3S/c1-4-6-7-13(5-2)17-18-22(20,21)15-10-8-14(9-11-15)16-12(3)19/h8-11,18H,4-7H2,1-3H3,(H,16,19)/b17-13-. The highest BCUT2D eigenvalue weighted by molar-refractivity contribution is 7.89. The number of anilines is 1. The van der Waals surface area contributed by atoms with Gasteiger partial charge in [0.2, 0.25) is 5.91 Å². The van der Waals surface area contributed by atoms with Crippen molar-refractivity contribution in [2.75, 3.05) is 5.32 Å². The second-order valence-electron chi connectivity index (χ2n) is 4.94. The summed E-state index contributed by atoms with van der Waals surface area (Å²) < 4.78 is 24.3. The Balaban J connectivity index is 2.81. The highest BCUT2D eigenvalue weighted by atomic mass is 32.2. The zero-order valence-electron chi connectivity index (χ0n) is 13.2. The second-order valence-corrected chi connectivity index (χ2v) is 6.60. The minimum absolute atomic E-state index is 0.108. The Morgan fingerprint density at radius 1 is 1.18 bits per heavy atom. The first-order chi connectivity index (χ1) is 10.4. The van der Waals surface area contributed by atoms with Crippen LogP contribution < -0.4 is 10.1 Å². The van der Waals surface area contributed by atoms with Gasteiger partial charge in [-0.3, -0.25) is 4.79 Å². The van der Waals surface area contributed by atoms with Gasteiger partial charge in [0.25, 0.3) is 10.0 Å². The molecule has 22 heavy (non-hydrogen) atoms. The molecule has 0 bridgehead atoms. The molecule has 0 saturated heterocycles. The first kappa shape index (κ1) is 18.2. The molecule has 0 aliphatic heterocycles. The minimum Gasteiger partial charge on any atom is -0.326 e. The van der Waals surface area contributed by atoms with Crippen molar-refractivity contribution in [3.05, 3.63) is 24.3 Å². The maximum atomic E-state index is 12.2. The van der Waals surface area contributed by atoms with Crippen molar-refractivity contribution < 1.29 is 13.2 Å². The number of amides is 1. The molecule has 0 saturated carbocycles. The van der Waals surface area contributed by atoms with Crippen LogP contribution in [0.5, 0.6) is 0 Å². The van der Waals surface area contributed by atoms with E-state index in [4.69, 9.17) is 0 Å². The normalized spacial score (nSPS) is 12.0. The average molecular weight is 325 g/mol. The van der Waals surface area contributed by atoms with Crippen LogP contribution >= 0.6 is 0 Å². The summed E-state index contributed by atoms with van der Waals surface area (Å²) >= 11 is 0. The Labute approximate surface area is 132 Å². The fourth-order valence-corrected chi connectivity index (χ4v) is 2.64. The Morgan fingerprint density at radius 2 is 1.82 bits per heavy atom. The van der Waals surface area contributed by atoms with Crippen LogP contribution in [0.1, 0.15) is 46.5 Å². The van der Waals surface area contributed by atoms with Gasteiger partial charge in [-0.1, -0.05) is 20.3 Å². The number of carbonyl (C=O) groups is 1. The van der Waals surface area contributed by atoms with E-state index >= 15 is 0 Å². The summed E-state index contributed by atoms with van der Waals surface area (Å²) in [5.74, 6) is -0.207. The summed E-state index contributed by atoms with van der Waals surface area (Å²) in [7, 11) is -3.69. The molecule has 0 heterocycles. The predicted octanol–water partition coefficient (Wildman–Crippen LogP) is 2.88. The molecule has 1 aromatic rings.